The molecule has 0 saturated carbocycles. The third-order valence-electron chi connectivity index (χ3n) is 2.66. The predicted octanol–water partition coefficient (Wildman–Crippen LogP) is -0.779. The smallest absolute Gasteiger partial charge is 0.356 e. The number of carbonyl (C=O) groups is 1. The van der Waals surface area contributed by atoms with Gasteiger partial charge < -0.3 is 21.1 Å². The first-order valence-corrected chi connectivity index (χ1v) is 6.96. The van der Waals surface area contributed by atoms with Gasteiger partial charge in [0.2, 0.25) is 0 Å². The van der Waals surface area contributed by atoms with E-state index < -0.39 is 36.3 Å². The van der Waals surface area contributed by atoms with Crippen LogP contribution in [0.15, 0.2) is 15.1 Å². The molecule has 0 bridgehead atoms. The molecule has 0 aliphatic carbocycles. The van der Waals surface area contributed by atoms with Gasteiger partial charge in [-0.05, 0) is 10.2 Å². The zero-order chi connectivity index (χ0) is 17.1. The van der Waals surface area contributed by atoms with Gasteiger partial charge in [-0.25, -0.2) is 9.36 Å². The molecule has 0 spiro atoms. The van der Waals surface area contributed by atoms with Crippen LogP contribution in [0.1, 0.15) is 10.4 Å². The van der Waals surface area contributed by atoms with Gasteiger partial charge >= 0.3 is 17.5 Å². The van der Waals surface area contributed by atoms with Crippen LogP contribution in [0.2, 0.25) is 0 Å². The second-order valence-corrected chi connectivity index (χ2v) is 4.87. The summed E-state index contributed by atoms with van der Waals surface area (Å²) in [7, 11) is 0. The second-order valence-electron chi connectivity index (χ2n) is 4.15. The van der Waals surface area contributed by atoms with E-state index in [1.165, 1.54) is 10.2 Å². The number of aliphatic hydroxyl groups is 3. The maximum atomic E-state index is 13.8. The number of rotatable bonds is 5. The van der Waals surface area contributed by atoms with Gasteiger partial charge in [-0.15, -0.1) is 0 Å². The third kappa shape index (κ3) is 3.66. The van der Waals surface area contributed by atoms with Gasteiger partial charge in [-0.1, -0.05) is 22.6 Å². The number of halogens is 3. The van der Waals surface area contributed by atoms with Gasteiger partial charge in [0.25, 0.3) is 0 Å². The molecule has 122 valence electrons. The summed E-state index contributed by atoms with van der Waals surface area (Å²) in [5.41, 5.74) is 4.09. The molecule has 0 aliphatic rings. The maximum Gasteiger partial charge on any atom is 0.356 e. The lowest BCUT2D eigenvalue weighted by Gasteiger charge is -2.24. The summed E-state index contributed by atoms with van der Waals surface area (Å²) in [6.07, 6.45) is -3.08. The zero-order valence-corrected chi connectivity index (χ0v) is 13.0. The van der Waals surface area contributed by atoms with Crippen molar-refractivity contribution >= 4 is 40.4 Å². The molecule has 0 unspecified atom stereocenters. The van der Waals surface area contributed by atoms with Crippen LogP contribution in [-0.4, -0.2) is 55.5 Å². The van der Waals surface area contributed by atoms with Gasteiger partial charge in [0.1, 0.15) is 11.9 Å². The molecule has 0 radical (unpaired) electrons. The van der Waals surface area contributed by atoms with Gasteiger partial charge in [0.15, 0.2) is 6.10 Å². The number of hydrogen-bond donors (Lipinski definition) is 4. The molecule has 1 rings (SSSR count). The Balaban J connectivity index is 3.33. The van der Waals surface area contributed by atoms with E-state index in [1.807, 2.05) is 0 Å². The Labute approximate surface area is 136 Å². The number of anilines is 1. The Morgan fingerprint density at radius 3 is 2.64 bits per heavy atom. The van der Waals surface area contributed by atoms with E-state index in [-0.39, 0.29) is 15.9 Å². The lowest BCUT2D eigenvalue weighted by molar-refractivity contribution is -0.136. The van der Waals surface area contributed by atoms with Crippen molar-refractivity contribution in [1.82, 2.24) is 9.55 Å². The number of carbonyl (C=O) groups excluding carboxylic acids is 1. The highest BCUT2D eigenvalue weighted by Crippen LogP contribution is 2.23. The first-order chi connectivity index (χ1) is 10.2. The SMILES string of the molecule is Nc1nc(=O)n(C(=O)C(F)(F)[C@H](O)[C@H](O)CO)cc1C=CI. The Kier molecular flexibility index (Phi) is 6.10. The lowest BCUT2D eigenvalue weighted by atomic mass is 10.1. The van der Waals surface area contributed by atoms with Gasteiger partial charge in [0, 0.05) is 11.8 Å². The quantitative estimate of drug-likeness (QED) is 0.449. The number of nitrogens with zero attached hydrogens (tertiary/aromatic N) is 2. The highest BCUT2D eigenvalue weighted by atomic mass is 127. The van der Waals surface area contributed by atoms with Crippen molar-refractivity contribution in [3.8, 4) is 0 Å². The highest BCUT2D eigenvalue weighted by molar-refractivity contribution is 14.1. The minimum Gasteiger partial charge on any atom is -0.394 e. The molecule has 11 heteroatoms. The number of nitrogens with two attached hydrogens (primary N) is 1. The topological polar surface area (TPSA) is 139 Å². The normalized spacial score (nSPS) is 15.0. The Hall–Kier alpha value is -1.44. The minimum absolute atomic E-state index is 0.0182. The number of aromatic nitrogens is 2. The van der Waals surface area contributed by atoms with Crippen LogP contribution in [0.5, 0.6) is 0 Å². The van der Waals surface area contributed by atoms with Gasteiger partial charge in [-0.3, -0.25) is 4.79 Å². The Morgan fingerprint density at radius 1 is 1.55 bits per heavy atom. The van der Waals surface area contributed by atoms with Gasteiger partial charge in [0.05, 0.1) is 6.61 Å². The third-order valence-corrected chi connectivity index (χ3v) is 3.02. The summed E-state index contributed by atoms with van der Waals surface area (Å²) in [4.78, 5) is 26.5. The summed E-state index contributed by atoms with van der Waals surface area (Å²) < 4.78 is 29.1. The van der Waals surface area contributed by atoms with Crippen molar-refractivity contribution in [2.45, 2.75) is 18.1 Å². The molecule has 0 fully saturated rings. The standard InChI is InChI=1S/C11H12F2IN3O5/c12-11(13,7(20)6(19)4-18)9(21)17-3-5(1-2-14)8(15)16-10(17)22/h1-3,6-7,18-20H,4H2,(H2,15,16,22)/t6-,7-/m1/s1. The largest absolute Gasteiger partial charge is 0.394 e. The monoisotopic (exact) mass is 431 g/mol. The van der Waals surface area contributed by atoms with E-state index in [0.717, 1.165) is 6.20 Å². The van der Waals surface area contributed by atoms with Gasteiger partial charge in [-0.2, -0.15) is 13.8 Å². The van der Waals surface area contributed by atoms with Crippen LogP contribution < -0.4 is 11.4 Å². The Bertz CT molecular complexity index is 649. The fraction of sp³-hybridized carbons (Fsp3) is 0.364. The molecule has 22 heavy (non-hydrogen) atoms. The lowest BCUT2D eigenvalue weighted by Crippen LogP contribution is -2.53. The summed E-state index contributed by atoms with van der Waals surface area (Å²) in [5, 5.41) is 26.8. The summed E-state index contributed by atoms with van der Waals surface area (Å²) >= 11 is 1.80. The molecule has 0 aliphatic heterocycles. The molecule has 5 N–H and O–H groups in total. The Morgan fingerprint density at radius 2 is 2.14 bits per heavy atom. The summed E-state index contributed by atoms with van der Waals surface area (Å²) in [6.45, 7) is -1.19. The number of aliphatic hydroxyl groups excluding tert-OH is 3. The van der Waals surface area contributed by atoms with E-state index >= 15 is 0 Å². The molecule has 1 aromatic heterocycles. The molecule has 1 heterocycles. The van der Waals surface area contributed by atoms with E-state index in [1.54, 1.807) is 22.6 Å². The van der Waals surface area contributed by atoms with Crippen molar-refractivity contribution < 1.29 is 28.9 Å². The van der Waals surface area contributed by atoms with Crippen LogP contribution >= 0.6 is 22.6 Å². The molecular formula is C11H12F2IN3O5. The van der Waals surface area contributed by atoms with Crippen molar-refractivity contribution in [2.24, 2.45) is 0 Å². The van der Waals surface area contributed by atoms with Crippen LogP contribution in [0.25, 0.3) is 6.08 Å². The summed E-state index contributed by atoms with van der Waals surface area (Å²) in [5.74, 6) is -6.89. The number of alkyl halides is 2. The van der Waals surface area contributed by atoms with Crippen LogP contribution in [0.4, 0.5) is 14.6 Å². The molecule has 0 amide bonds. The molecule has 2 atom stereocenters. The number of nitrogen functional groups attached to an aromatic ring is 1. The van der Waals surface area contributed by atoms with Crippen LogP contribution in [0, 0.1) is 0 Å². The zero-order valence-electron chi connectivity index (χ0n) is 10.9. The summed E-state index contributed by atoms with van der Waals surface area (Å²) in [6, 6.07) is 0. The molecular weight excluding hydrogens is 419 g/mol. The van der Waals surface area contributed by atoms with E-state index in [4.69, 9.17) is 15.9 Å². The average molecular weight is 431 g/mol. The fourth-order valence-electron chi connectivity index (χ4n) is 1.45. The predicted molar refractivity (Wildman–Crippen MR) is 80.6 cm³/mol. The number of hydrogen-bond acceptors (Lipinski definition) is 7. The molecule has 1 aromatic rings. The van der Waals surface area contributed by atoms with Crippen molar-refractivity contribution in [3.63, 3.8) is 0 Å². The van der Waals surface area contributed by atoms with Crippen molar-refractivity contribution in [2.75, 3.05) is 12.3 Å². The second kappa shape index (κ2) is 7.21. The molecule has 0 aromatic carbocycles. The van der Waals surface area contributed by atoms with Crippen LogP contribution in [0.3, 0.4) is 0 Å². The maximum absolute atomic E-state index is 13.8. The first kappa shape index (κ1) is 18.6. The molecule has 0 saturated heterocycles. The highest BCUT2D eigenvalue weighted by Gasteiger charge is 2.51. The minimum atomic E-state index is -4.52. The van der Waals surface area contributed by atoms with E-state index in [2.05, 4.69) is 4.98 Å². The van der Waals surface area contributed by atoms with Crippen molar-refractivity contribution in [1.29, 1.82) is 0 Å². The molecule has 8 nitrogen and oxygen atoms in total. The van der Waals surface area contributed by atoms with E-state index in [0.29, 0.717) is 0 Å². The van der Waals surface area contributed by atoms with Crippen molar-refractivity contribution in [3.05, 3.63) is 26.3 Å². The van der Waals surface area contributed by atoms with Crippen LogP contribution in [-0.2, 0) is 0 Å². The van der Waals surface area contributed by atoms with E-state index in [9.17, 15) is 23.5 Å². The fourth-order valence-corrected chi connectivity index (χ4v) is 1.84. The first-order valence-electron chi connectivity index (χ1n) is 5.72. The average Bonchev–Trinajstić information content (AvgIpc) is 2.47.